The summed E-state index contributed by atoms with van der Waals surface area (Å²) in [7, 11) is 0. The number of hydrogen-bond donors (Lipinski definition) is 0. The number of ether oxygens (including phenoxy) is 1. The van der Waals surface area contributed by atoms with Crippen molar-refractivity contribution >= 4 is 33.2 Å². The van der Waals surface area contributed by atoms with Crippen LogP contribution in [0.5, 0.6) is 0 Å². The normalized spacial score (nSPS) is 11.5. The minimum atomic E-state index is -4.70. The number of hydrogen-bond acceptors (Lipinski definition) is 4. The van der Waals surface area contributed by atoms with Crippen LogP contribution in [-0.4, -0.2) is 17.6 Å². The van der Waals surface area contributed by atoms with E-state index in [1.165, 1.54) is 6.92 Å². The van der Waals surface area contributed by atoms with E-state index in [0.29, 0.717) is 16.9 Å². The first-order valence-electron chi connectivity index (χ1n) is 5.84. The third-order valence-corrected chi connectivity index (χ3v) is 4.06. The minimum Gasteiger partial charge on any atom is -0.462 e. The van der Waals surface area contributed by atoms with Crippen LogP contribution in [0.4, 0.5) is 13.2 Å². The maximum Gasteiger partial charge on any atom is 0.435 e. The molecule has 1 aromatic heterocycles. The number of halogens is 4. The zero-order valence-corrected chi connectivity index (χ0v) is 13.1. The molecule has 0 radical (unpaired) electrons. The van der Waals surface area contributed by atoms with E-state index >= 15 is 0 Å². The maximum absolute atomic E-state index is 13.0. The van der Waals surface area contributed by atoms with Crippen molar-refractivity contribution in [2.45, 2.75) is 13.1 Å². The Morgan fingerprint density at radius 2 is 1.95 bits per heavy atom. The van der Waals surface area contributed by atoms with Gasteiger partial charge in [0.25, 0.3) is 0 Å². The average Bonchev–Trinajstić information content (AvgIpc) is 2.85. The molecule has 0 aliphatic heterocycles. The van der Waals surface area contributed by atoms with Gasteiger partial charge in [0.1, 0.15) is 9.88 Å². The molecular formula is C13H9BrF3NO2S. The van der Waals surface area contributed by atoms with Crippen molar-refractivity contribution in [1.29, 1.82) is 0 Å². The van der Waals surface area contributed by atoms with Crippen molar-refractivity contribution in [3.8, 4) is 10.6 Å². The molecule has 0 N–H and O–H groups in total. The molecule has 8 heteroatoms. The highest BCUT2D eigenvalue weighted by atomic mass is 79.9. The van der Waals surface area contributed by atoms with E-state index in [-0.39, 0.29) is 11.6 Å². The average molecular weight is 380 g/mol. The van der Waals surface area contributed by atoms with Crippen molar-refractivity contribution < 1.29 is 22.7 Å². The van der Waals surface area contributed by atoms with Crippen molar-refractivity contribution in [2.24, 2.45) is 0 Å². The largest absolute Gasteiger partial charge is 0.462 e. The van der Waals surface area contributed by atoms with Crippen molar-refractivity contribution in [1.82, 2.24) is 4.98 Å². The molecule has 112 valence electrons. The molecule has 21 heavy (non-hydrogen) atoms. The summed E-state index contributed by atoms with van der Waals surface area (Å²) < 4.78 is 44.4. The number of rotatable bonds is 3. The number of thiazole rings is 1. The first-order chi connectivity index (χ1) is 9.82. The quantitative estimate of drug-likeness (QED) is 0.721. The summed E-state index contributed by atoms with van der Waals surface area (Å²) in [5, 5.41) is 0.123. The second-order valence-electron chi connectivity index (χ2n) is 3.92. The molecule has 2 rings (SSSR count). The molecule has 0 aliphatic carbocycles. The minimum absolute atomic E-state index is 0.00163. The van der Waals surface area contributed by atoms with E-state index in [1.54, 1.807) is 24.3 Å². The second-order valence-corrected chi connectivity index (χ2v) is 5.84. The van der Waals surface area contributed by atoms with Gasteiger partial charge in [-0.1, -0.05) is 28.1 Å². The van der Waals surface area contributed by atoms with E-state index in [2.05, 4.69) is 25.7 Å². The van der Waals surface area contributed by atoms with Crippen LogP contribution in [-0.2, 0) is 10.9 Å². The maximum atomic E-state index is 13.0. The Labute approximate surface area is 130 Å². The summed E-state index contributed by atoms with van der Waals surface area (Å²) in [6, 6.07) is 6.62. The van der Waals surface area contributed by atoms with Crippen molar-refractivity contribution in [3.63, 3.8) is 0 Å². The Hall–Kier alpha value is -1.41. The van der Waals surface area contributed by atoms with Gasteiger partial charge in [-0.15, -0.1) is 11.3 Å². The summed E-state index contributed by atoms with van der Waals surface area (Å²) in [4.78, 5) is 14.7. The topological polar surface area (TPSA) is 39.2 Å². The van der Waals surface area contributed by atoms with Crippen LogP contribution in [0.25, 0.3) is 10.6 Å². The van der Waals surface area contributed by atoms with E-state index in [1.807, 2.05) is 0 Å². The first kappa shape index (κ1) is 16.0. The Bertz CT molecular complexity index is 652. The number of carbonyl (C=O) groups excluding carboxylic acids is 1. The molecule has 0 unspecified atom stereocenters. The fourth-order valence-corrected chi connectivity index (χ4v) is 2.81. The highest BCUT2D eigenvalue weighted by Gasteiger charge is 2.40. The molecule has 0 atom stereocenters. The molecule has 2 aromatic rings. The van der Waals surface area contributed by atoms with Crippen LogP contribution in [0.1, 0.15) is 22.3 Å². The zero-order valence-electron chi connectivity index (χ0n) is 10.7. The Morgan fingerprint density at radius 3 is 2.48 bits per heavy atom. The van der Waals surface area contributed by atoms with Crippen LogP contribution in [0.15, 0.2) is 28.7 Å². The predicted molar refractivity (Wildman–Crippen MR) is 76.2 cm³/mol. The van der Waals surface area contributed by atoms with Gasteiger partial charge >= 0.3 is 12.1 Å². The van der Waals surface area contributed by atoms with E-state index in [4.69, 9.17) is 0 Å². The fraction of sp³-hybridized carbons (Fsp3) is 0.231. The van der Waals surface area contributed by atoms with Crippen LogP contribution in [0.3, 0.4) is 0 Å². The number of nitrogens with zero attached hydrogens (tertiary/aromatic N) is 1. The van der Waals surface area contributed by atoms with E-state index in [0.717, 1.165) is 4.47 Å². The van der Waals surface area contributed by atoms with Gasteiger partial charge in [-0.3, -0.25) is 0 Å². The molecule has 3 nitrogen and oxygen atoms in total. The van der Waals surface area contributed by atoms with Gasteiger partial charge in [0.05, 0.1) is 6.61 Å². The number of esters is 1. The van der Waals surface area contributed by atoms with Gasteiger partial charge < -0.3 is 4.74 Å². The highest BCUT2D eigenvalue weighted by molar-refractivity contribution is 9.10. The van der Waals surface area contributed by atoms with E-state index < -0.39 is 22.7 Å². The monoisotopic (exact) mass is 379 g/mol. The van der Waals surface area contributed by atoms with Gasteiger partial charge in [-0.05, 0) is 19.1 Å². The van der Waals surface area contributed by atoms with Crippen LogP contribution < -0.4 is 0 Å². The van der Waals surface area contributed by atoms with Crippen molar-refractivity contribution in [3.05, 3.63) is 39.3 Å². The van der Waals surface area contributed by atoms with Gasteiger partial charge in [0, 0.05) is 10.0 Å². The SMILES string of the molecule is CCOC(=O)c1sc(-c2ccc(Br)cc2)nc1C(F)(F)F. The summed E-state index contributed by atoms with van der Waals surface area (Å²) >= 11 is 3.91. The van der Waals surface area contributed by atoms with Crippen molar-refractivity contribution in [2.75, 3.05) is 6.61 Å². The summed E-state index contributed by atoms with van der Waals surface area (Å²) in [6.45, 7) is 1.53. The van der Waals surface area contributed by atoms with Crippen LogP contribution >= 0.6 is 27.3 Å². The van der Waals surface area contributed by atoms with Crippen LogP contribution in [0, 0.1) is 0 Å². The number of alkyl halides is 3. The smallest absolute Gasteiger partial charge is 0.435 e. The Kier molecular flexibility index (Phi) is 4.67. The number of carbonyl (C=O) groups is 1. The van der Waals surface area contributed by atoms with Crippen LogP contribution in [0.2, 0.25) is 0 Å². The lowest BCUT2D eigenvalue weighted by atomic mass is 10.2. The van der Waals surface area contributed by atoms with Gasteiger partial charge in [0.2, 0.25) is 0 Å². The standard InChI is InChI=1S/C13H9BrF3NO2S/c1-2-20-12(19)9-10(13(15,16)17)18-11(21-9)7-3-5-8(14)6-4-7/h3-6H,2H2,1H3. The summed E-state index contributed by atoms with van der Waals surface area (Å²) in [5.41, 5.74) is -0.701. The fourth-order valence-electron chi connectivity index (χ4n) is 1.56. The molecule has 0 amide bonds. The third kappa shape index (κ3) is 3.62. The molecule has 0 aliphatic rings. The third-order valence-electron chi connectivity index (χ3n) is 2.45. The lowest BCUT2D eigenvalue weighted by molar-refractivity contribution is -0.141. The molecule has 0 fully saturated rings. The molecule has 1 heterocycles. The number of benzene rings is 1. The molecule has 0 saturated heterocycles. The summed E-state index contributed by atoms with van der Waals surface area (Å²) in [6.07, 6.45) is -4.70. The molecule has 1 aromatic carbocycles. The highest BCUT2D eigenvalue weighted by Crippen LogP contribution is 2.38. The zero-order chi connectivity index (χ0) is 15.6. The van der Waals surface area contributed by atoms with E-state index in [9.17, 15) is 18.0 Å². The number of aromatic nitrogens is 1. The van der Waals surface area contributed by atoms with Gasteiger partial charge in [0.15, 0.2) is 5.69 Å². The Balaban J connectivity index is 2.50. The van der Waals surface area contributed by atoms with Gasteiger partial charge in [-0.25, -0.2) is 9.78 Å². The van der Waals surface area contributed by atoms with Gasteiger partial charge in [-0.2, -0.15) is 13.2 Å². The second kappa shape index (κ2) is 6.15. The molecule has 0 saturated carbocycles. The molecular weight excluding hydrogens is 371 g/mol. The summed E-state index contributed by atoms with van der Waals surface area (Å²) in [5.74, 6) is -1.01. The first-order valence-corrected chi connectivity index (χ1v) is 7.45. The lowest BCUT2D eigenvalue weighted by Crippen LogP contribution is -2.13. The lowest BCUT2D eigenvalue weighted by Gasteiger charge is -2.05. The molecule has 0 bridgehead atoms. The molecule has 0 spiro atoms. The predicted octanol–water partition coefficient (Wildman–Crippen LogP) is 4.77. The Morgan fingerprint density at radius 1 is 1.33 bits per heavy atom.